The van der Waals surface area contributed by atoms with E-state index in [2.05, 4.69) is 20.2 Å². The van der Waals surface area contributed by atoms with Gasteiger partial charge in [0.2, 0.25) is 5.95 Å². The molecule has 3 rings (SSSR count). The van der Waals surface area contributed by atoms with Gasteiger partial charge in [0.15, 0.2) is 0 Å². The third kappa shape index (κ3) is 4.19. The molecule has 0 unspecified atom stereocenters. The minimum atomic E-state index is -0.250. The molecule has 0 bridgehead atoms. The Morgan fingerprint density at radius 2 is 2.14 bits per heavy atom. The van der Waals surface area contributed by atoms with Crippen molar-refractivity contribution >= 4 is 24.1 Å². The number of hydrogen-bond acceptors (Lipinski definition) is 7. The number of nitrogen functional groups attached to an aromatic ring is 1. The van der Waals surface area contributed by atoms with Crippen LogP contribution in [0.15, 0.2) is 6.07 Å². The summed E-state index contributed by atoms with van der Waals surface area (Å²) in [5.74, 6) is 1.91. The third-order valence-electron chi connectivity index (χ3n) is 3.54. The number of carbonyl (C=O) groups is 1. The molecule has 21 heavy (non-hydrogen) atoms. The van der Waals surface area contributed by atoms with E-state index in [4.69, 9.17) is 15.6 Å². The lowest BCUT2D eigenvalue weighted by Crippen LogP contribution is -2.33. The number of carboxylic acid groups (broad SMARTS) is 1. The fraction of sp³-hybridized carbons (Fsp3) is 0.615. The Kier molecular flexibility index (Phi) is 5.15. The van der Waals surface area contributed by atoms with Gasteiger partial charge in [-0.15, -0.1) is 0 Å². The van der Waals surface area contributed by atoms with Crippen molar-refractivity contribution < 1.29 is 15.0 Å². The molecule has 5 N–H and O–H groups in total. The van der Waals surface area contributed by atoms with E-state index in [9.17, 15) is 5.11 Å². The van der Waals surface area contributed by atoms with Crippen LogP contribution < -0.4 is 16.0 Å². The topological polar surface area (TPSA) is 125 Å². The van der Waals surface area contributed by atoms with Gasteiger partial charge in [-0.2, -0.15) is 9.97 Å². The normalized spacial score (nSPS) is 20.6. The van der Waals surface area contributed by atoms with Crippen molar-refractivity contribution in [1.29, 1.82) is 0 Å². The van der Waals surface area contributed by atoms with Gasteiger partial charge in [0.25, 0.3) is 6.47 Å². The predicted molar refractivity (Wildman–Crippen MR) is 79.2 cm³/mol. The summed E-state index contributed by atoms with van der Waals surface area (Å²) in [5, 5.41) is 19.6. The van der Waals surface area contributed by atoms with Crippen LogP contribution >= 0.6 is 0 Å². The highest BCUT2D eigenvalue weighted by atomic mass is 16.3. The summed E-state index contributed by atoms with van der Waals surface area (Å²) in [5.41, 5.74) is 5.76. The van der Waals surface area contributed by atoms with Crippen LogP contribution in [0.4, 0.5) is 17.6 Å². The number of nitrogens with two attached hydrogens (primary N) is 1. The molecular formula is C13H21N5O3. The highest BCUT2D eigenvalue weighted by molar-refractivity contribution is 5.54. The van der Waals surface area contributed by atoms with Crippen molar-refractivity contribution in [3.05, 3.63) is 6.07 Å². The van der Waals surface area contributed by atoms with Crippen molar-refractivity contribution in [2.24, 2.45) is 0 Å². The molecular weight excluding hydrogens is 274 g/mol. The molecule has 1 saturated carbocycles. The van der Waals surface area contributed by atoms with E-state index >= 15 is 0 Å². The van der Waals surface area contributed by atoms with Gasteiger partial charge in [-0.25, -0.2) is 0 Å². The number of aliphatic hydroxyl groups is 1. The molecule has 116 valence electrons. The van der Waals surface area contributed by atoms with E-state index in [0.29, 0.717) is 12.0 Å². The van der Waals surface area contributed by atoms with E-state index in [0.717, 1.165) is 31.0 Å². The Morgan fingerprint density at radius 1 is 1.43 bits per heavy atom. The van der Waals surface area contributed by atoms with E-state index in [1.807, 2.05) is 6.07 Å². The smallest absolute Gasteiger partial charge is 0.290 e. The highest BCUT2D eigenvalue weighted by Crippen LogP contribution is 2.28. The molecule has 1 aromatic rings. The minimum absolute atomic E-state index is 0.160. The Labute approximate surface area is 123 Å². The van der Waals surface area contributed by atoms with Crippen LogP contribution in [-0.4, -0.2) is 51.9 Å². The number of nitrogens with zero attached hydrogens (tertiary/aromatic N) is 3. The lowest BCUT2D eigenvalue weighted by molar-refractivity contribution is -0.122. The third-order valence-corrected chi connectivity index (χ3v) is 3.54. The first-order valence-corrected chi connectivity index (χ1v) is 7.04. The molecule has 1 atom stereocenters. The van der Waals surface area contributed by atoms with Crippen LogP contribution in [0, 0.1) is 0 Å². The Hall–Kier alpha value is -2.09. The standard InChI is InChI=1S/C12H19N5O.CH2O2/c13-12-15-10(14-8-3-4-8)6-11(16-12)17-5-1-2-9(17)7-18;2-1-3/h6,8-9,18H,1-5,7H2,(H3,13,14,15,16);1H,(H,2,3)/t9-;/m1./s1. The summed E-state index contributed by atoms with van der Waals surface area (Å²) < 4.78 is 0. The summed E-state index contributed by atoms with van der Waals surface area (Å²) in [6.07, 6.45) is 4.48. The molecule has 2 aliphatic rings. The van der Waals surface area contributed by atoms with Gasteiger partial charge >= 0.3 is 0 Å². The van der Waals surface area contributed by atoms with Crippen LogP contribution in [0.1, 0.15) is 25.7 Å². The van der Waals surface area contributed by atoms with Crippen LogP contribution in [0.25, 0.3) is 0 Å². The molecule has 8 heteroatoms. The molecule has 0 amide bonds. The van der Waals surface area contributed by atoms with Crippen LogP contribution in [0.2, 0.25) is 0 Å². The molecule has 1 aliphatic carbocycles. The minimum Gasteiger partial charge on any atom is -0.483 e. The Morgan fingerprint density at radius 3 is 2.76 bits per heavy atom. The first kappa shape index (κ1) is 15.3. The van der Waals surface area contributed by atoms with Crippen molar-refractivity contribution in [3.8, 4) is 0 Å². The van der Waals surface area contributed by atoms with Crippen molar-refractivity contribution in [3.63, 3.8) is 0 Å². The van der Waals surface area contributed by atoms with Crippen LogP contribution in [0.3, 0.4) is 0 Å². The first-order chi connectivity index (χ1) is 10.2. The molecule has 0 spiro atoms. The largest absolute Gasteiger partial charge is 0.483 e. The zero-order valence-electron chi connectivity index (χ0n) is 11.8. The average molecular weight is 295 g/mol. The maximum atomic E-state index is 9.36. The highest BCUT2D eigenvalue weighted by Gasteiger charge is 2.26. The maximum absolute atomic E-state index is 9.36. The number of rotatable bonds is 4. The van der Waals surface area contributed by atoms with Crippen molar-refractivity contribution in [2.75, 3.05) is 29.1 Å². The molecule has 0 radical (unpaired) electrons. The zero-order chi connectivity index (χ0) is 15.2. The zero-order valence-corrected chi connectivity index (χ0v) is 11.8. The molecule has 0 aromatic carbocycles. The molecule has 2 fully saturated rings. The predicted octanol–water partition coefficient (Wildman–Crippen LogP) is 0.295. The van der Waals surface area contributed by atoms with Crippen LogP contribution in [-0.2, 0) is 4.79 Å². The second-order valence-corrected chi connectivity index (χ2v) is 5.17. The average Bonchev–Trinajstić information content (AvgIpc) is 3.12. The van der Waals surface area contributed by atoms with Gasteiger partial charge < -0.3 is 26.2 Å². The van der Waals surface area contributed by atoms with E-state index in [-0.39, 0.29) is 19.1 Å². The summed E-state index contributed by atoms with van der Waals surface area (Å²) >= 11 is 0. The fourth-order valence-electron chi connectivity index (χ4n) is 2.44. The second-order valence-electron chi connectivity index (χ2n) is 5.17. The summed E-state index contributed by atoms with van der Waals surface area (Å²) in [7, 11) is 0. The Bertz CT molecular complexity index is 481. The van der Waals surface area contributed by atoms with Crippen LogP contribution in [0.5, 0.6) is 0 Å². The molecule has 2 heterocycles. The number of anilines is 3. The lowest BCUT2D eigenvalue weighted by atomic mass is 10.2. The Balaban J connectivity index is 0.000000497. The SMILES string of the molecule is Nc1nc(NC2CC2)cc(N2CCC[C@@H]2CO)n1.O=CO. The van der Waals surface area contributed by atoms with Crippen molar-refractivity contribution in [2.45, 2.75) is 37.8 Å². The summed E-state index contributed by atoms with van der Waals surface area (Å²) in [6, 6.07) is 2.63. The number of nitrogens with one attached hydrogen (secondary N) is 1. The van der Waals surface area contributed by atoms with Gasteiger partial charge in [-0.05, 0) is 25.7 Å². The quantitative estimate of drug-likeness (QED) is 0.584. The molecule has 1 aliphatic heterocycles. The fourth-order valence-corrected chi connectivity index (χ4v) is 2.44. The molecule has 1 aromatic heterocycles. The van der Waals surface area contributed by atoms with Gasteiger partial charge in [0.1, 0.15) is 11.6 Å². The summed E-state index contributed by atoms with van der Waals surface area (Å²) in [6.45, 7) is 0.833. The monoisotopic (exact) mass is 295 g/mol. The lowest BCUT2D eigenvalue weighted by Gasteiger charge is -2.24. The maximum Gasteiger partial charge on any atom is 0.290 e. The van der Waals surface area contributed by atoms with E-state index < -0.39 is 0 Å². The second kappa shape index (κ2) is 7.07. The molecule has 1 saturated heterocycles. The summed E-state index contributed by atoms with van der Waals surface area (Å²) in [4.78, 5) is 19.0. The van der Waals surface area contributed by atoms with Gasteiger partial charge in [-0.1, -0.05) is 0 Å². The van der Waals surface area contributed by atoms with Crippen molar-refractivity contribution in [1.82, 2.24) is 9.97 Å². The van der Waals surface area contributed by atoms with Gasteiger partial charge in [0, 0.05) is 18.7 Å². The first-order valence-electron chi connectivity index (χ1n) is 7.04. The number of aromatic nitrogens is 2. The number of aliphatic hydroxyl groups excluding tert-OH is 1. The van der Waals surface area contributed by atoms with Gasteiger partial charge in [0.05, 0.1) is 12.6 Å². The van der Waals surface area contributed by atoms with Gasteiger partial charge in [-0.3, -0.25) is 4.79 Å². The van der Waals surface area contributed by atoms with E-state index in [1.54, 1.807) is 0 Å². The van der Waals surface area contributed by atoms with E-state index in [1.165, 1.54) is 12.8 Å². The molecule has 8 nitrogen and oxygen atoms in total. The number of hydrogen-bond donors (Lipinski definition) is 4.